The Morgan fingerprint density at radius 2 is 1.70 bits per heavy atom. The fraction of sp³-hybridized carbons (Fsp3) is 0.647. The van der Waals surface area contributed by atoms with Gasteiger partial charge in [0.25, 0.3) is 0 Å². The highest BCUT2D eigenvalue weighted by atomic mass is 127. The van der Waals surface area contributed by atoms with Gasteiger partial charge in [-0.05, 0) is 43.4 Å². The summed E-state index contributed by atoms with van der Waals surface area (Å²) in [5, 5.41) is 0. The minimum atomic E-state index is 0. The van der Waals surface area contributed by atoms with Crippen molar-refractivity contribution in [3.63, 3.8) is 0 Å². The van der Waals surface area contributed by atoms with Crippen LogP contribution >= 0.6 is 24.0 Å². The molecule has 0 aromatic carbocycles. The van der Waals surface area contributed by atoms with Gasteiger partial charge in [0.1, 0.15) is 5.82 Å². The Labute approximate surface area is 156 Å². The van der Waals surface area contributed by atoms with Crippen molar-refractivity contribution in [2.24, 2.45) is 10.7 Å². The average Bonchev–Trinajstić information content (AvgIpc) is 2.95. The molecule has 0 amide bonds. The van der Waals surface area contributed by atoms with E-state index in [4.69, 9.17) is 5.73 Å². The molecule has 128 valence electrons. The zero-order valence-electron chi connectivity index (χ0n) is 13.8. The Balaban J connectivity index is 0.00000192. The summed E-state index contributed by atoms with van der Waals surface area (Å²) in [6.45, 7) is 4.98. The van der Waals surface area contributed by atoms with Crippen LogP contribution in [0.3, 0.4) is 0 Å². The summed E-state index contributed by atoms with van der Waals surface area (Å²) in [5.41, 5.74) is 7.37. The molecule has 0 spiro atoms. The normalized spacial score (nSPS) is 19.4. The second kappa shape index (κ2) is 9.30. The van der Waals surface area contributed by atoms with Crippen LogP contribution < -0.4 is 10.6 Å². The van der Waals surface area contributed by atoms with E-state index in [0.717, 1.165) is 32.0 Å². The molecule has 3 heterocycles. The van der Waals surface area contributed by atoms with Gasteiger partial charge >= 0.3 is 0 Å². The number of aromatic nitrogens is 1. The van der Waals surface area contributed by atoms with E-state index in [1.165, 1.54) is 44.1 Å². The topological polar surface area (TPSA) is 57.8 Å². The molecule has 2 N–H and O–H groups in total. The molecule has 1 aromatic heterocycles. The van der Waals surface area contributed by atoms with E-state index < -0.39 is 0 Å². The first-order valence-corrected chi connectivity index (χ1v) is 8.58. The lowest BCUT2D eigenvalue weighted by molar-refractivity contribution is 0.428. The van der Waals surface area contributed by atoms with Crippen LogP contribution in [-0.4, -0.2) is 42.0 Å². The Morgan fingerprint density at radius 1 is 1.04 bits per heavy atom. The molecule has 2 saturated heterocycles. The number of hydrogen-bond donors (Lipinski definition) is 1. The number of guanidine groups is 1. The molecular formula is C17H28IN5. The van der Waals surface area contributed by atoms with Crippen molar-refractivity contribution >= 4 is 35.8 Å². The molecule has 2 aliphatic heterocycles. The van der Waals surface area contributed by atoms with Gasteiger partial charge in [-0.15, -0.1) is 24.0 Å². The van der Waals surface area contributed by atoms with Gasteiger partial charge in [-0.3, -0.25) is 0 Å². The van der Waals surface area contributed by atoms with Crippen molar-refractivity contribution in [2.45, 2.75) is 45.1 Å². The zero-order valence-corrected chi connectivity index (χ0v) is 16.1. The molecule has 2 aliphatic rings. The highest BCUT2D eigenvalue weighted by Gasteiger charge is 2.14. The molecular weight excluding hydrogens is 401 g/mol. The SMILES string of the molecule is I.NC(=NCc1ccnc(N2CCCC2)c1)N1CCCCCC1. The number of halogens is 1. The van der Waals surface area contributed by atoms with Crippen LogP contribution in [0.1, 0.15) is 44.1 Å². The van der Waals surface area contributed by atoms with Crippen LogP contribution in [0.25, 0.3) is 0 Å². The lowest BCUT2D eigenvalue weighted by atomic mass is 10.2. The van der Waals surface area contributed by atoms with E-state index in [-0.39, 0.29) is 24.0 Å². The molecule has 0 bridgehead atoms. The fourth-order valence-corrected chi connectivity index (χ4v) is 3.25. The van der Waals surface area contributed by atoms with Crippen molar-refractivity contribution in [2.75, 3.05) is 31.1 Å². The first-order valence-electron chi connectivity index (χ1n) is 8.58. The molecule has 3 rings (SSSR count). The fourth-order valence-electron chi connectivity index (χ4n) is 3.25. The number of likely N-dealkylation sites (tertiary alicyclic amines) is 1. The molecule has 5 nitrogen and oxygen atoms in total. The maximum atomic E-state index is 6.18. The van der Waals surface area contributed by atoms with Crippen LogP contribution in [0.2, 0.25) is 0 Å². The van der Waals surface area contributed by atoms with Crippen molar-refractivity contribution in [1.82, 2.24) is 9.88 Å². The second-order valence-corrected chi connectivity index (χ2v) is 6.29. The van der Waals surface area contributed by atoms with E-state index in [1.807, 2.05) is 12.3 Å². The van der Waals surface area contributed by atoms with Gasteiger partial charge in [-0.1, -0.05) is 12.8 Å². The van der Waals surface area contributed by atoms with Crippen molar-refractivity contribution in [1.29, 1.82) is 0 Å². The van der Waals surface area contributed by atoms with E-state index in [1.54, 1.807) is 0 Å². The van der Waals surface area contributed by atoms with Crippen molar-refractivity contribution < 1.29 is 0 Å². The number of nitrogens with two attached hydrogens (primary N) is 1. The average molecular weight is 429 g/mol. The molecule has 0 atom stereocenters. The monoisotopic (exact) mass is 429 g/mol. The highest BCUT2D eigenvalue weighted by molar-refractivity contribution is 14.0. The Bertz CT molecular complexity index is 505. The summed E-state index contributed by atoms with van der Waals surface area (Å²) in [6, 6.07) is 4.20. The van der Waals surface area contributed by atoms with Crippen LogP contribution in [0, 0.1) is 0 Å². The van der Waals surface area contributed by atoms with Crippen LogP contribution in [-0.2, 0) is 6.54 Å². The molecule has 0 saturated carbocycles. The third-order valence-corrected chi connectivity index (χ3v) is 4.59. The maximum Gasteiger partial charge on any atom is 0.191 e. The first-order chi connectivity index (χ1) is 10.8. The highest BCUT2D eigenvalue weighted by Crippen LogP contribution is 2.19. The van der Waals surface area contributed by atoms with Gasteiger partial charge in [0.2, 0.25) is 0 Å². The number of anilines is 1. The van der Waals surface area contributed by atoms with Crippen LogP contribution in [0.4, 0.5) is 5.82 Å². The predicted octanol–water partition coefficient (Wildman–Crippen LogP) is 2.99. The summed E-state index contributed by atoms with van der Waals surface area (Å²) in [7, 11) is 0. The first kappa shape index (κ1) is 18.3. The smallest absolute Gasteiger partial charge is 0.191 e. The summed E-state index contributed by atoms with van der Waals surface area (Å²) in [6.07, 6.45) is 9.51. The Hall–Kier alpha value is -1.05. The Morgan fingerprint density at radius 3 is 2.39 bits per heavy atom. The molecule has 1 aromatic rings. The van der Waals surface area contributed by atoms with E-state index in [2.05, 4.69) is 25.8 Å². The summed E-state index contributed by atoms with van der Waals surface area (Å²) in [4.78, 5) is 13.7. The number of aliphatic imine (C=N–C) groups is 1. The molecule has 0 unspecified atom stereocenters. The molecule has 0 aliphatic carbocycles. The van der Waals surface area contributed by atoms with Gasteiger partial charge in [-0.2, -0.15) is 0 Å². The van der Waals surface area contributed by atoms with Gasteiger partial charge in [0.15, 0.2) is 5.96 Å². The molecule has 6 heteroatoms. The number of pyridine rings is 1. The summed E-state index contributed by atoms with van der Waals surface area (Å²) < 4.78 is 0. The number of hydrogen-bond acceptors (Lipinski definition) is 3. The van der Waals surface area contributed by atoms with Gasteiger partial charge in [-0.25, -0.2) is 9.98 Å². The zero-order chi connectivity index (χ0) is 15.2. The van der Waals surface area contributed by atoms with Crippen LogP contribution in [0.5, 0.6) is 0 Å². The summed E-state index contributed by atoms with van der Waals surface area (Å²) >= 11 is 0. The number of nitrogens with zero attached hydrogens (tertiary/aromatic N) is 4. The van der Waals surface area contributed by atoms with E-state index >= 15 is 0 Å². The van der Waals surface area contributed by atoms with Gasteiger partial charge in [0, 0.05) is 32.4 Å². The quantitative estimate of drug-likeness (QED) is 0.456. The maximum absolute atomic E-state index is 6.18. The van der Waals surface area contributed by atoms with Crippen LogP contribution in [0.15, 0.2) is 23.3 Å². The lowest BCUT2D eigenvalue weighted by Crippen LogP contribution is -2.38. The third-order valence-electron chi connectivity index (χ3n) is 4.59. The third kappa shape index (κ3) is 5.22. The molecule has 2 fully saturated rings. The van der Waals surface area contributed by atoms with Gasteiger partial charge < -0.3 is 15.5 Å². The number of rotatable bonds is 3. The van der Waals surface area contributed by atoms with E-state index in [0.29, 0.717) is 12.5 Å². The van der Waals surface area contributed by atoms with Crippen molar-refractivity contribution in [3.05, 3.63) is 23.9 Å². The lowest BCUT2D eigenvalue weighted by Gasteiger charge is -2.21. The minimum absolute atomic E-state index is 0. The predicted molar refractivity (Wildman–Crippen MR) is 106 cm³/mol. The molecule has 0 radical (unpaired) electrons. The second-order valence-electron chi connectivity index (χ2n) is 6.29. The summed E-state index contributed by atoms with van der Waals surface area (Å²) in [5.74, 6) is 1.78. The van der Waals surface area contributed by atoms with Gasteiger partial charge in [0.05, 0.1) is 6.54 Å². The van der Waals surface area contributed by atoms with Crippen molar-refractivity contribution in [3.8, 4) is 0 Å². The molecule has 23 heavy (non-hydrogen) atoms. The minimum Gasteiger partial charge on any atom is -0.370 e. The standard InChI is InChI=1S/C17H27N5.HI/c18-17(22-11-3-1-2-4-12-22)20-14-15-7-8-19-16(13-15)21-9-5-6-10-21;/h7-8,13H,1-6,9-12,14H2,(H2,18,20);1H. The Kier molecular flexibility index (Phi) is 7.39. The van der Waals surface area contributed by atoms with E-state index in [9.17, 15) is 0 Å². The largest absolute Gasteiger partial charge is 0.370 e.